The van der Waals surface area contributed by atoms with Gasteiger partial charge in [-0.1, -0.05) is 29.3 Å². The molecule has 0 aliphatic heterocycles. The molecule has 1 fully saturated rings. The predicted molar refractivity (Wildman–Crippen MR) is 104 cm³/mol. The normalized spacial score (nSPS) is 14.9. The van der Waals surface area contributed by atoms with Crippen LogP contribution in [0.2, 0.25) is 10.0 Å². The molecule has 3 rings (SSSR count). The Bertz CT molecular complexity index is 848. The van der Waals surface area contributed by atoms with E-state index in [0.717, 1.165) is 12.8 Å². The first-order valence-electron chi connectivity index (χ1n) is 8.39. The number of allylic oxidation sites excluding steroid dienone is 1. The number of ether oxygens (including phenoxy) is 2. The summed E-state index contributed by atoms with van der Waals surface area (Å²) in [5.41, 5.74) is 1.42. The highest BCUT2D eigenvalue weighted by Gasteiger charge is 2.19. The molecule has 1 aromatic carbocycles. The van der Waals surface area contributed by atoms with E-state index in [0.29, 0.717) is 38.4 Å². The summed E-state index contributed by atoms with van der Waals surface area (Å²) >= 11 is 12.4. The molecule has 0 saturated heterocycles. The van der Waals surface area contributed by atoms with Gasteiger partial charge in [-0.15, -0.1) is 0 Å². The molecule has 0 N–H and O–H groups in total. The molecule has 6 heteroatoms. The number of pyridine rings is 1. The zero-order valence-corrected chi connectivity index (χ0v) is 15.8. The molecular weight excluding hydrogens is 371 g/mol. The molecule has 1 aliphatic carbocycles. The molecule has 0 bridgehead atoms. The van der Waals surface area contributed by atoms with Gasteiger partial charge in [-0.2, -0.15) is 5.26 Å². The van der Waals surface area contributed by atoms with Crippen LogP contribution in [0.3, 0.4) is 0 Å². The van der Waals surface area contributed by atoms with E-state index < -0.39 is 0 Å². The van der Waals surface area contributed by atoms with Crippen molar-refractivity contribution in [2.75, 3.05) is 7.11 Å². The van der Waals surface area contributed by atoms with Gasteiger partial charge >= 0.3 is 0 Å². The van der Waals surface area contributed by atoms with Crippen LogP contribution in [0.5, 0.6) is 11.5 Å². The first-order chi connectivity index (χ1) is 12.6. The lowest BCUT2D eigenvalue weighted by Gasteiger charge is -2.16. The summed E-state index contributed by atoms with van der Waals surface area (Å²) in [6, 6.07) is 9.11. The van der Waals surface area contributed by atoms with Crippen molar-refractivity contribution in [1.82, 2.24) is 4.98 Å². The van der Waals surface area contributed by atoms with Crippen molar-refractivity contribution >= 4 is 34.9 Å². The highest BCUT2D eigenvalue weighted by atomic mass is 35.5. The van der Waals surface area contributed by atoms with Gasteiger partial charge in [0.1, 0.15) is 6.07 Å². The molecule has 1 saturated carbocycles. The van der Waals surface area contributed by atoms with E-state index in [1.54, 1.807) is 43.6 Å². The van der Waals surface area contributed by atoms with E-state index in [9.17, 15) is 5.26 Å². The zero-order valence-electron chi connectivity index (χ0n) is 14.3. The summed E-state index contributed by atoms with van der Waals surface area (Å²) < 4.78 is 11.4. The number of nitriles is 1. The van der Waals surface area contributed by atoms with Crippen molar-refractivity contribution < 1.29 is 9.47 Å². The predicted octanol–water partition coefficient (Wildman–Crippen LogP) is 5.78. The van der Waals surface area contributed by atoms with Crippen molar-refractivity contribution in [2.45, 2.75) is 31.8 Å². The Morgan fingerprint density at radius 3 is 2.54 bits per heavy atom. The van der Waals surface area contributed by atoms with E-state index in [2.05, 4.69) is 11.1 Å². The summed E-state index contributed by atoms with van der Waals surface area (Å²) in [5, 5.41) is 10.6. The van der Waals surface area contributed by atoms with Gasteiger partial charge in [-0.25, -0.2) is 0 Å². The van der Waals surface area contributed by atoms with Crippen LogP contribution >= 0.6 is 23.2 Å². The molecule has 0 atom stereocenters. The standard InChI is InChI=1S/C20H18Cl2N2O2/c1-25-20-12-24-18(10-19(20)26-14-5-2-3-6-14)13(11-23)9-15-16(21)7-4-8-17(15)22/h4,7-10,12,14H,2-3,5-6H2,1H3/b13-9+. The van der Waals surface area contributed by atoms with Crippen LogP contribution in [-0.2, 0) is 0 Å². The second-order valence-corrected chi connectivity index (χ2v) is 6.86. The third kappa shape index (κ3) is 4.12. The van der Waals surface area contributed by atoms with Crippen molar-refractivity contribution in [3.8, 4) is 17.6 Å². The Morgan fingerprint density at radius 2 is 1.92 bits per heavy atom. The number of hydrogen-bond donors (Lipinski definition) is 0. The number of methoxy groups -OCH3 is 1. The Kier molecular flexibility index (Phi) is 6.03. The average Bonchev–Trinajstić information content (AvgIpc) is 3.15. The van der Waals surface area contributed by atoms with E-state index in [-0.39, 0.29) is 6.10 Å². The first-order valence-corrected chi connectivity index (χ1v) is 9.15. The lowest BCUT2D eigenvalue weighted by atomic mass is 10.1. The second-order valence-electron chi connectivity index (χ2n) is 6.05. The molecule has 0 radical (unpaired) electrons. The van der Waals surface area contributed by atoms with Crippen LogP contribution in [0.25, 0.3) is 11.6 Å². The summed E-state index contributed by atoms with van der Waals surface area (Å²) in [4.78, 5) is 4.33. The number of rotatable bonds is 5. The Balaban J connectivity index is 1.98. The van der Waals surface area contributed by atoms with E-state index >= 15 is 0 Å². The first kappa shape index (κ1) is 18.6. The van der Waals surface area contributed by atoms with Gasteiger partial charge in [0.05, 0.1) is 30.7 Å². The van der Waals surface area contributed by atoms with Crippen molar-refractivity contribution in [3.05, 3.63) is 51.8 Å². The number of nitrogens with zero attached hydrogens (tertiary/aromatic N) is 2. The maximum absolute atomic E-state index is 9.61. The highest BCUT2D eigenvalue weighted by Crippen LogP contribution is 2.34. The molecular formula is C20H18Cl2N2O2. The minimum Gasteiger partial charge on any atom is -0.491 e. The maximum Gasteiger partial charge on any atom is 0.179 e. The number of benzene rings is 1. The van der Waals surface area contributed by atoms with Crippen LogP contribution in [0, 0.1) is 11.3 Å². The molecule has 1 aromatic heterocycles. The number of aromatic nitrogens is 1. The Labute approximate surface area is 163 Å². The molecule has 1 heterocycles. The lowest BCUT2D eigenvalue weighted by Crippen LogP contribution is -2.12. The van der Waals surface area contributed by atoms with E-state index in [4.69, 9.17) is 32.7 Å². The fourth-order valence-corrected chi connectivity index (χ4v) is 3.47. The quantitative estimate of drug-likeness (QED) is 0.608. The number of hydrogen-bond acceptors (Lipinski definition) is 4. The molecule has 134 valence electrons. The summed E-state index contributed by atoms with van der Waals surface area (Å²) in [6.45, 7) is 0. The molecule has 4 nitrogen and oxygen atoms in total. The third-order valence-corrected chi connectivity index (χ3v) is 4.99. The molecule has 0 unspecified atom stereocenters. The van der Waals surface area contributed by atoms with Crippen molar-refractivity contribution in [2.24, 2.45) is 0 Å². The highest BCUT2D eigenvalue weighted by molar-refractivity contribution is 6.37. The smallest absolute Gasteiger partial charge is 0.179 e. The van der Waals surface area contributed by atoms with Gasteiger partial charge in [-0.05, 0) is 43.9 Å². The number of halogens is 2. The van der Waals surface area contributed by atoms with Crippen LogP contribution in [0.1, 0.15) is 36.9 Å². The van der Waals surface area contributed by atoms with Gasteiger partial charge < -0.3 is 9.47 Å². The van der Waals surface area contributed by atoms with Crippen molar-refractivity contribution in [1.29, 1.82) is 5.26 Å². The largest absolute Gasteiger partial charge is 0.491 e. The fraction of sp³-hybridized carbons (Fsp3) is 0.300. The summed E-state index contributed by atoms with van der Waals surface area (Å²) in [5.74, 6) is 1.14. The van der Waals surface area contributed by atoms with Gasteiger partial charge in [-0.3, -0.25) is 4.98 Å². The van der Waals surface area contributed by atoms with Crippen LogP contribution in [0.15, 0.2) is 30.5 Å². The SMILES string of the molecule is COc1cnc(/C(C#N)=C/c2c(Cl)cccc2Cl)cc1OC1CCCC1. The molecule has 1 aliphatic rings. The molecule has 0 spiro atoms. The Morgan fingerprint density at radius 1 is 1.23 bits per heavy atom. The molecule has 2 aromatic rings. The molecule has 0 amide bonds. The van der Waals surface area contributed by atoms with Gasteiger partial charge in [0.25, 0.3) is 0 Å². The van der Waals surface area contributed by atoms with Gasteiger partial charge in [0.15, 0.2) is 11.5 Å². The minimum absolute atomic E-state index is 0.173. The fourth-order valence-electron chi connectivity index (χ4n) is 2.96. The summed E-state index contributed by atoms with van der Waals surface area (Å²) in [6.07, 6.45) is 7.76. The average molecular weight is 389 g/mol. The van der Waals surface area contributed by atoms with E-state index in [1.807, 2.05) is 0 Å². The van der Waals surface area contributed by atoms with Gasteiger partial charge in [0.2, 0.25) is 0 Å². The van der Waals surface area contributed by atoms with Gasteiger partial charge in [0, 0.05) is 21.7 Å². The third-order valence-electron chi connectivity index (χ3n) is 4.33. The molecule has 26 heavy (non-hydrogen) atoms. The second kappa shape index (κ2) is 8.44. The lowest BCUT2D eigenvalue weighted by molar-refractivity contribution is 0.200. The minimum atomic E-state index is 0.173. The zero-order chi connectivity index (χ0) is 18.5. The van der Waals surface area contributed by atoms with Crippen molar-refractivity contribution in [3.63, 3.8) is 0 Å². The Hall–Kier alpha value is -2.22. The maximum atomic E-state index is 9.61. The summed E-state index contributed by atoms with van der Waals surface area (Å²) in [7, 11) is 1.57. The van der Waals surface area contributed by atoms with Crippen LogP contribution in [-0.4, -0.2) is 18.2 Å². The van der Waals surface area contributed by atoms with Crippen LogP contribution in [0.4, 0.5) is 0 Å². The topological polar surface area (TPSA) is 55.1 Å². The van der Waals surface area contributed by atoms with Crippen LogP contribution < -0.4 is 9.47 Å². The van der Waals surface area contributed by atoms with E-state index in [1.165, 1.54) is 12.8 Å². The monoisotopic (exact) mass is 388 g/mol.